The van der Waals surface area contributed by atoms with E-state index < -0.39 is 0 Å². The Morgan fingerprint density at radius 1 is 1.21 bits per heavy atom. The average Bonchev–Trinajstić information content (AvgIpc) is 3.55. The van der Waals surface area contributed by atoms with Crippen LogP contribution in [0.15, 0.2) is 46.9 Å². The number of fused-ring (bicyclic) bond motifs is 1. The van der Waals surface area contributed by atoms with Gasteiger partial charge in [0.1, 0.15) is 0 Å². The predicted octanol–water partition coefficient (Wildman–Crippen LogP) is 4.49. The van der Waals surface area contributed by atoms with Crippen molar-refractivity contribution in [1.82, 2.24) is 9.80 Å². The molecule has 1 aliphatic carbocycles. The van der Waals surface area contributed by atoms with Crippen LogP contribution in [-0.2, 0) is 24.3 Å². The molecule has 1 saturated carbocycles. The van der Waals surface area contributed by atoms with Crippen LogP contribution in [0.4, 0.5) is 5.69 Å². The highest BCUT2D eigenvalue weighted by Gasteiger charge is 2.27. The molecule has 1 heterocycles. The van der Waals surface area contributed by atoms with Crippen LogP contribution in [-0.4, -0.2) is 41.9 Å². The Bertz CT molecular complexity index is 865. The lowest BCUT2D eigenvalue weighted by atomic mass is 9.97. The summed E-state index contributed by atoms with van der Waals surface area (Å²) in [5, 5.41) is 3.41. The molecule has 153 valence electrons. The molecule has 0 bridgehead atoms. The summed E-state index contributed by atoms with van der Waals surface area (Å²) in [4.78, 5) is 17.2. The maximum absolute atomic E-state index is 12.8. The minimum Gasteiger partial charge on any atom is -0.376 e. The molecular weight excluding hydrogens is 426 g/mol. The molecule has 0 aromatic heterocycles. The Morgan fingerprint density at radius 2 is 2.03 bits per heavy atom. The van der Waals surface area contributed by atoms with Crippen molar-refractivity contribution in [3.63, 3.8) is 0 Å². The zero-order valence-electron chi connectivity index (χ0n) is 16.9. The van der Waals surface area contributed by atoms with E-state index in [1.165, 1.54) is 30.5 Å². The van der Waals surface area contributed by atoms with Gasteiger partial charge in [-0.05, 0) is 60.9 Å². The van der Waals surface area contributed by atoms with Gasteiger partial charge >= 0.3 is 0 Å². The summed E-state index contributed by atoms with van der Waals surface area (Å²) in [7, 11) is 0. The second kappa shape index (κ2) is 9.31. The molecule has 2 aliphatic rings. The standard InChI is InChI=1S/C24H29BrN3O/c1-2-28(17-20-6-3-4-8-22(20)25)24(29)14-26-23-9-5-7-19-16-27(13-12-21(19)23)15-18-10-11-18/h3-9,18,26H,1-2,10-17H2. The number of carbonyl (C=O) groups excluding carboxylic acids is 1. The van der Waals surface area contributed by atoms with E-state index in [4.69, 9.17) is 0 Å². The van der Waals surface area contributed by atoms with Gasteiger partial charge in [0, 0.05) is 42.9 Å². The number of amides is 1. The van der Waals surface area contributed by atoms with Gasteiger partial charge < -0.3 is 10.2 Å². The summed E-state index contributed by atoms with van der Waals surface area (Å²) < 4.78 is 1.02. The molecule has 0 spiro atoms. The van der Waals surface area contributed by atoms with Crippen molar-refractivity contribution >= 4 is 27.5 Å². The number of halogens is 1. The first-order valence-corrected chi connectivity index (χ1v) is 11.3. The van der Waals surface area contributed by atoms with Gasteiger partial charge in [-0.2, -0.15) is 0 Å². The fourth-order valence-electron chi connectivity index (χ4n) is 4.06. The van der Waals surface area contributed by atoms with Crippen LogP contribution in [0.5, 0.6) is 0 Å². The zero-order valence-corrected chi connectivity index (χ0v) is 18.5. The summed E-state index contributed by atoms with van der Waals surface area (Å²) >= 11 is 3.57. The quantitative estimate of drug-likeness (QED) is 0.637. The van der Waals surface area contributed by atoms with E-state index in [0.717, 1.165) is 41.2 Å². The van der Waals surface area contributed by atoms with Crippen molar-refractivity contribution in [2.24, 2.45) is 5.92 Å². The summed E-state index contributed by atoms with van der Waals surface area (Å²) in [6.45, 7) is 8.64. The van der Waals surface area contributed by atoms with E-state index in [9.17, 15) is 4.79 Å². The van der Waals surface area contributed by atoms with Gasteiger partial charge in [-0.15, -0.1) is 0 Å². The first kappa shape index (κ1) is 20.4. The lowest BCUT2D eigenvalue weighted by molar-refractivity contribution is -0.129. The monoisotopic (exact) mass is 454 g/mol. The number of rotatable bonds is 8. The second-order valence-electron chi connectivity index (χ2n) is 8.13. The topological polar surface area (TPSA) is 35.6 Å². The highest BCUT2D eigenvalue weighted by Crippen LogP contribution is 2.32. The van der Waals surface area contributed by atoms with Crippen LogP contribution < -0.4 is 5.32 Å². The second-order valence-corrected chi connectivity index (χ2v) is 8.99. The lowest BCUT2D eigenvalue weighted by Gasteiger charge is -2.30. The van der Waals surface area contributed by atoms with Crippen LogP contribution >= 0.6 is 15.9 Å². The molecular formula is C24H29BrN3O. The Kier molecular flexibility index (Phi) is 6.56. The Hall–Kier alpha value is -1.85. The number of nitrogens with zero attached hydrogens (tertiary/aromatic N) is 2. The molecule has 1 N–H and O–H groups in total. The van der Waals surface area contributed by atoms with Crippen molar-refractivity contribution in [2.75, 3.05) is 31.5 Å². The minimum absolute atomic E-state index is 0.0690. The van der Waals surface area contributed by atoms with Crippen molar-refractivity contribution in [1.29, 1.82) is 0 Å². The molecule has 0 unspecified atom stereocenters. The molecule has 5 heteroatoms. The van der Waals surface area contributed by atoms with E-state index in [-0.39, 0.29) is 5.91 Å². The molecule has 1 fully saturated rings. The predicted molar refractivity (Wildman–Crippen MR) is 122 cm³/mol. The minimum atomic E-state index is 0.0690. The number of carbonyl (C=O) groups is 1. The van der Waals surface area contributed by atoms with E-state index in [1.807, 2.05) is 24.3 Å². The van der Waals surface area contributed by atoms with E-state index in [2.05, 4.69) is 51.3 Å². The van der Waals surface area contributed by atoms with Crippen LogP contribution in [0, 0.1) is 12.8 Å². The molecule has 2 aromatic rings. The molecule has 4 rings (SSSR count). The third-order valence-electron chi connectivity index (χ3n) is 5.93. The van der Waals surface area contributed by atoms with Crippen molar-refractivity contribution in [3.8, 4) is 0 Å². The van der Waals surface area contributed by atoms with Gasteiger partial charge in [-0.25, -0.2) is 0 Å². The highest BCUT2D eigenvalue weighted by atomic mass is 79.9. The molecule has 1 radical (unpaired) electrons. The zero-order chi connectivity index (χ0) is 20.2. The number of nitrogens with one attached hydrogen (secondary N) is 1. The Labute approximate surface area is 182 Å². The summed E-state index contributed by atoms with van der Waals surface area (Å²) in [6.07, 6.45) is 3.85. The normalized spacial score (nSPS) is 16.3. The molecule has 1 aliphatic heterocycles. The average molecular weight is 455 g/mol. The van der Waals surface area contributed by atoms with Crippen LogP contribution in [0.1, 0.15) is 29.5 Å². The fourth-order valence-corrected chi connectivity index (χ4v) is 4.47. The molecule has 0 atom stereocenters. The Balaban J connectivity index is 1.37. The number of hydrogen-bond donors (Lipinski definition) is 1. The first-order chi connectivity index (χ1) is 14.1. The van der Waals surface area contributed by atoms with Gasteiger partial charge in [-0.3, -0.25) is 9.69 Å². The van der Waals surface area contributed by atoms with Crippen molar-refractivity contribution in [3.05, 3.63) is 70.6 Å². The van der Waals surface area contributed by atoms with Gasteiger partial charge in [0.05, 0.1) is 6.54 Å². The van der Waals surface area contributed by atoms with Crippen LogP contribution in [0.3, 0.4) is 0 Å². The number of anilines is 1. The van der Waals surface area contributed by atoms with Gasteiger partial charge in [-0.1, -0.05) is 46.3 Å². The smallest absolute Gasteiger partial charge is 0.242 e. The molecule has 0 saturated heterocycles. The summed E-state index contributed by atoms with van der Waals surface area (Å²) in [6, 6.07) is 14.5. The summed E-state index contributed by atoms with van der Waals surface area (Å²) in [5.74, 6) is 0.994. The van der Waals surface area contributed by atoms with E-state index in [0.29, 0.717) is 19.6 Å². The van der Waals surface area contributed by atoms with Gasteiger partial charge in [0.15, 0.2) is 0 Å². The maximum atomic E-state index is 12.8. The SMILES string of the molecule is [CH2]CN(Cc1ccccc1Br)C(=O)CNc1cccc2c1CCN(CC1CC1)C2. The molecule has 1 amide bonds. The Morgan fingerprint density at radius 3 is 2.79 bits per heavy atom. The van der Waals surface area contributed by atoms with E-state index in [1.54, 1.807) is 4.90 Å². The van der Waals surface area contributed by atoms with Crippen molar-refractivity contribution in [2.45, 2.75) is 32.4 Å². The fraction of sp³-hybridized carbons (Fsp3) is 0.417. The number of hydrogen-bond acceptors (Lipinski definition) is 3. The van der Waals surface area contributed by atoms with Crippen molar-refractivity contribution < 1.29 is 4.79 Å². The third-order valence-corrected chi connectivity index (χ3v) is 6.70. The van der Waals surface area contributed by atoms with Gasteiger partial charge in [0.25, 0.3) is 0 Å². The third kappa shape index (κ3) is 5.20. The van der Waals surface area contributed by atoms with Gasteiger partial charge in [0.2, 0.25) is 5.91 Å². The summed E-state index contributed by atoms with van der Waals surface area (Å²) in [5.41, 5.74) is 4.97. The number of benzene rings is 2. The molecule has 29 heavy (non-hydrogen) atoms. The van der Waals surface area contributed by atoms with E-state index >= 15 is 0 Å². The van der Waals surface area contributed by atoms with Crippen LogP contribution in [0.2, 0.25) is 0 Å². The highest BCUT2D eigenvalue weighted by molar-refractivity contribution is 9.10. The lowest BCUT2D eigenvalue weighted by Crippen LogP contribution is -2.36. The maximum Gasteiger partial charge on any atom is 0.242 e. The largest absolute Gasteiger partial charge is 0.376 e. The molecule has 4 nitrogen and oxygen atoms in total. The first-order valence-electron chi connectivity index (χ1n) is 10.5. The van der Waals surface area contributed by atoms with Crippen LogP contribution in [0.25, 0.3) is 0 Å². The molecule has 2 aromatic carbocycles.